The third-order valence-electron chi connectivity index (χ3n) is 9.95. The Morgan fingerprint density at radius 3 is 1.73 bits per heavy atom. The normalized spacial score (nSPS) is 23.7. The first kappa shape index (κ1) is 60.4. The van der Waals surface area contributed by atoms with Crippen LogP contribution in [0.1, 0.15) is 110 Å². The Morgan fingerprint density at radius 2 is 1.11 bits per heavy atom. The summed E-state index contributed by atoms with van der Waals surface area (Å²) in [5, 5.41) is 80.7. The number of rotatable bonds is 35. The van der Waals surface area contributed by atoms with Gasteiger partial charge in [0.15, 0.2) is 6.10 Å². The summed E-state index contributed by atoms with van der Waals surface area (Å²) in [6, 6.07) is 0. The zero-order chi connectivity index (χ0) is 49.0. The molecule has 17 heteroatoms. The van der Waals surface area contributed by atoms with E-state index in [1.54, 1.807) is 36.5 Å². The summed E-state index contributed by atoms with van der Waals surface area (Å²) in [5.41, 5.74) is 0. The monoisotopic (exact) mass is 952 g/mol. The van der Waals surface area contributed by atoms with Gasteiger partial charge >= 0.3 is 19.8 Å². The number of esters is 2. The standard InChI is InChI=1S/C49H77O16P/c1-3-5-7-8-9-10-11-12-13-14-15-16-17-18-19-24-28-34-42(53)62-36-39(37-63-66(60,61)65-49-47(58)45(56)44(55)46(57)48(49)59)64-43(54)35-29-33-41(52)40(51)32-27-23-21-20-22-26-31-38(50)30-25-6-4-2/h5-7,9-10,12-13,15-16,20-23,25-27,31-32,38-41,44-52,55-59H,3-4,8,11,14,17-19,24,28-30,33-37H2,1-2H3,(H,60,61)/b7-5-,10-9-,13-12-,16-15-,22-20+,23-21-,25-6-,31-26+,32-27-/t38-,39+,40+,41+,44?,45-,46+,47+,48+,49?/m0/s1. The molecule has 0 aromatic rings. The number of carbonyl (C=O) groups is 2. The third-order valence-corrected chi connectivity index (χ3v) is 10.9. The Bertz CT molecular complexity index is 1620. The molecule has 1 rings (SSSR count). The van der Waals surface area contributed by atoms with Crippen molar-refractivity contribution in [2.45, 2.75) is 171 Å². The van der Waals surface area contributed by atoms with E-state index < -0.39 is 94.0 Å². The zero-order valence-electron chi connectivity index (χ0n) is 38.5. The molecule has 0 spiro atoms. The number of ether oxygens (including phenoxy) is 2. The first-order chi connectivity index (χ1) is 31.6. The number of carbonyl (C=O) groups excluding carboxylic acids is 2. The second kappa shape index (κ2) is 37.4. The van der Waals surface area contributed by atoms with Gasteiger partial charge in [-0.3, -0.25) is 18.6 Å². The van der Waals surface area contributed by atoms with Crippen LogP contribution < -0.4 is 0 Å². The molecule has 0 aliphatic heterocycles. The summed E-state index contributed by atoms with van der Waals surface area (Å²) < 4.78 is 33.3. The highest BCUT2D eigenvalue weighted by Crippen LogP contribution is 2.47. The number of hydrogen-bond acceptors (Lipinski definition) is 15. The van der Waals surface area contributed by atoms with Gasteiger partial charge in [-0.15, -0.1) is 0 Å². The van der Waals surface area contributed by atoms with Gasteiger partial charge in [-0.2, -0.15) is 0 Å². The summed E-state index contributed by atoms with van der Waals surface area (Å²) in [6.45, 7) is 2.66. The lowest BCUT2D eigenvalue weighted by atomic mass is 9.85. The highest BCUT2D eigenvalue weighted by Gasteiger charge is 2.51. The number of hydrogen-bond donors (Lipinski definition) is 9. The predicted octanol–water partition coefficient (Wildman–Crippen LogP) is 5.74. The Morgan fingerprint density at radius 1 is 0.591 bits per heavy atom. The van der Waals surface area contributed by atoms with E-state index in [-0.39, 0.29) is 25.7 Å². The molecule has 1 fully saturated rings. The SMILES string of the molecule is CC/C=C\C/C=C\C/C=C\C/C=C\CCCCCCC(=O)OC[C@H](COP(=O)(O)OC1[C@H](O)[C@H](O)C(O)[C@H](O)[C@H]1O)OC(=O)CCC[C@@H](O)[C@H](O)\C=C/C=C\C=C\C=C\[C@@H](O)C/C=C\CC. The minimum atomic E-state index is -5.23. The fraction of sp³-hybridized carbons (Fsp3) is 0.592. The Hall–Kier alpha value is -3.61. The average Bonchev–Trinajstić information content (AvgIpc) is 3.29. The molecule has 0 heterocycles. The van der Waals surface area contributed by atoms with E-state index in [0.29, 0.717) is 12.8 Å². The van der Waals surface area contributed by atoms with E-state index in [1.807, 2.05) is 19.1 Å². The van der Waals surface area contributed by atoms with Gasteiger partial charge in [0.05, 0.1) is 24.9 Å². The molecule has 374 valence electrons. The van der Waals surface area contributed by atoms with Crippen LogP contribution in [0.5, 0.6) is 0 Å². The molecule has 16 nitrogen and oxygen atoms in total. The molecule has 0 amide bonds. The zero-order valence-corrected chi connectivity index (χ0v) is 39.4. The first-order valence-electron chi connectivity index (χ1n) is 23.0. The van der Waals surface area contributed by atoms with Crippen molar-refractivity contribution in [2.24, 2.45) is 0 Å². The van der Waals surface area contributed by atoms with Crippen molar-refractivity contribution >= 4 is 19.8 Å². The van der Waals surface area contributed by atoms with Gasteiger partial charge in [-0.25, -0.2) is 4.57 Å². The largest absolute Gasteiger partial charge is 0.472 e. The van der Waals surface area contributed by atoms with Crippen LogP contribution in [0.4, 0.5) is 0 Å². The van der Waals surface area contributed by atoms with Crippen LogP contribution in [0.3, 0.4) is 0 Å². The molecule has 11 atom stereocenters. The van der Waals surface area contributed by atoms with Crippen molar-refractivity contribution in [1.82, 2.24) is 0 Å². The van der Waals surface area contributed by atoms with E-state index in [0.717, 1.165) is 57.8 Å². The Labute approximate surface area is 391 Å². The van der Waals surface area contributed by atoms with Crippen molar-refractivity contribution in [1.29, 1.82) is 0 Å². The molecular formula is C49H77O16P. The average molecular weight is 953 g/mol. The number of phosphoric acid groups is 1. The van der Waals surface area contributed by atoms with Crippen molar-refractivity contribution in [2.75, 3.05) is 13.2 Å². The lowest BCUT2D eigenvalue weighted by Gasteiger charge is -2.41. The second-order valence-electron chi connectivity index (χ2n) is 15.7. The molecule has 0 bridgehead atoms. The predicted molar refractivity (Wildman–Crippen MR) is 252 cm³/mol. The van der Waals surface area contributed by atoms with E-state index in [9.17, 15) is 59.9 Å². The highest BCUT2D eigenvalue weighted by atomic mass is 31.2. The van der Waals surface area contributed by atoms with E-state index in [4.69, 9.17) is 18.5 Å². The maximum absolute atomic E-state index is 12.8. The molecule has 0 aromatic heterocycles. The molecule has 66 heavy (non-hydrogen) atoms. The van der Waals surface area contributed by atoms with Gasteiger partial charge in [-0.1, -0.05) is 136 Å². The van der Waals surface area contributed by atoms with Gasteiger partial charge in [0.25, 0.3) is 0 Å². The summed E-state index contributed by atoms with van der Waals surface area (Å²) in [6.07, 6.45) is 26.3. The Balaban J connectivity index is 2.65. The highest BCUT2D eigenvalue weighted by molar-refractivity contribution is 7.47. The maximum Gasteiger partial charge on any atom is 0.472 e. The molecule has 0 aromatic carbocycles. The molecule has 9 N–H and O–H groups in total. The number of unbranched alkanes of at least 4 members (excludes halogenated alkanes) is 4. The number of aliphatic hydroxyl groups is 8. The molecule has 1 aliphatic carbocycles. The van der Waals surface area contributed by atoms with Crippen LogP contribution in [0.15, 0.2) is 109 Å². The number of phosphoric ester groups is 1. The van der Waals surface area contributed by atoms with Gasteiger partial charge in [0, 0.05) is 12.8 Å². The molecule has 1 aliphatic rings. The van der Waals surface area contributed by atoms with Crippen molar-refractivity contribution < 1.29 is 78.4 Å². The summed E-state index contributed by atoms with van der Waals surface area (Å²) in [4.78, 5) is 35.8. The minimum Gasteiger partial charge on any atom is -0.462 e. The molecule has 1 saturated carbocycles. The second-order valence-corrected chi connectivity index (χ2v) is 17.1. The summed E-state index contributed by atoms with van der Waals surface area (Å²) in [5.74, 6) is -1.47. The van der Waals surface area contributed by atoms with Crippen molar-refractivity contribution in [3.63, 3.8) is 0 Å². The van der Waals surface area contributed by atoms with Crippen molar-refractivity contribution in [3.8, 4) is 0 Å². The van der Waals surface area contributed by atoms with Gasteiger partial charge < -0.3 is 55.2 Å². The van der Waals surface area contributed by atoms with Crippen LogP contribution in [0.2, 0.25) is 0 Å². The van der Waals surface area contributed by atoms with Gasteiger partial charge in [-0.05, 0) is 70.6 Å². The van der Waals surface area contributed by atoms with E-state index in [1.165, 1.54) is 12.2 Å². The maximum atomic E-state index is 12.8. The third kappa shape index (κ3) is 29.2. The quantitative estimate of drug-likeness (QED) is 0.0120. The van der Waals surface area contributed by atoms with Gasteiger partial charge in [0.2, 0.25) is 0 Å². The van der Waals surface area contributed by atoms with Crippen LogP contribution in [0, 0.1) is 0 Å². The molecule has 3 unspecified atom stereocenters. The smallest absolute Gasteiger partial charge is 0.462 e. The minimum absolute atomic E-state index is 0.0114. The summed E-state index contributed by atoms with van der Waals surface area (Å²) >= 11 is 0. The Kier molecular flexibility index (Phi) is 34.2. The fourth-order valence-corrected chi connectivity index (χ4v) is 7.12. The van der Waals surface area contributed by atoms with E-state index in [2.05, 4.69) is 55.5 Å². The van der Waals surface area contributed by atoms with Crippen LogP contribution in [-0.4, -0.2) is 132 Å². The molecular weight excluding hydrogens is 875 g/mol. The summed E-state index contributed by atoms with van der Waals surface area (Å²) in [7, 11) is -5.23. The van der Waals surface area contributed by atoms with E-state index >= 15 is 0 Å². The van der Waals surface area contributed by atoms with Crippen LogP contribution >= 0.6 is 7.82 Å². The molecule has 0 radical (unpaired) electrons. The topological polar surface area (TPSA) is 270 Å². The lowest BCUT2D eigenvalue weighted by molar-refractivity contribution is -0.220. The lowest BCUT2D eigenvalue weighted by Crippen LogP contribution is -2.64. The van der Waals surface area contributed by atoms with Gasteiger partial charge in [0.1, 0.15) is 43.2 Å². The van der Waals surface area contributed by atoms with Crippen LogP contribution in [0.25, 0.3) is 0 Å². The number of allylic oxidation sites excluding steroid dienone is 15. The fourth-order valence-electron chi connectivity index (χ4n) is 6.15. The number of aliphatic hydroxyl groups excluding tert-OH is 8. The van der Waals surface area contributed by atoms with Crippen LogP contribution in [-0.2, 0) is 32.7 Å². The van der Waals surface area contributed by atoms with Crippen molar-refractivity contribution in [3.05, 3.63) is 109 Å². The molecule has 0 saturated heterocycles. The first-order valence-corrected chi connectivity index (χ1v) is 24.5.